The highest BCUT2D eigenvalue weighted by Crippen LogP contribution is 2.08. The van der Waals surface area contributed by atoms with Crippen molar-refractivity contribution in [3.8, 4) is 0 Å². The van der Waals surface area contributed by atoms with E-state index in [1.54, 1.807) is 13.8 Å². The number of carbonyl (C=O) groups excluding carboxylic acids is 1. The van der Waals surface area contributed by atoms with Crippen molar-refractivity contribution in [1.82, 2.24) is 19.9 Å². The number of aromatic nitrogens is 4. The van der Waals surface area contributed by atoms with Crippen LogP contribution in [0.1, 0.15) is 39.5 Å². The number of aromatic carboxylic acids is 1. The number of carbonyl (C=O) groups is 2. The molecule has 0 saturated carbocycles. The van der Waals surface area contributed by atoms with Crippen LogP contribution in [0.4, 0.5) is 0 Å². The Morgan fingerprint density at radius 3 is 1.71 bits per heavy atom. The van der Waals surface area contributed by atoms with Gasteiger partial charge in [-0.3, -0.25) is 0 Å². The third-order valence-corrected chi connectivity index (χ3v) is 4.42. The standard InChI is InChI=1S/C7H9IN2O2.C5H5IN2O2.CH4O/c1-3-12-7(11)6-9-4(2)5(8)10-6;1-2-3(6)8-4(7-2)5(9)10;1-2/h3H2,1-2H3,(H,9,10);1H3,(H,7,8)(H,9,10);2H,1H3. The monoisotopic (exact) mass is 564 g/mol. The number of halogens is 2. The fourth-order valence-electron chi connectivity index (χ4n) is 1.28. The van der Waals surface area contributed by atoms with Crippen LogP contribution in [0.3, 0.4) is 0 Å². The van der Waals surface area contributed by atoms with Crippen molar-refractivity contribution in [2.45, 2.75) is 20.8 Å². The fraction of sp³-hybridized carbons (Fsp3) is 0.385. The number of hydrogen-bond acceptors (Lipinski definition) is 6. The van der Waals surface area contributed by atoms with Crippen LogP contribution in [0.25, 0.3) is 0 Å². The van der Waals surface area contributed by atoms with Crippen LogP contribution in [0.2, 0.25) is 0 Å². The first-order valence-electron chi connectivity index (χ1n) is 6.55. The fourth-order valence-corrected chi connectivity index (χ4v) is 2.03. The summed E-state index contributed by atoms with van der Waals surface area (Å²) in [6.45, 7) is 5.77. The number of aromatic amines is 2. The lowest BCUT2D eigenvalue weighted by molar-refractivity contribution is 0.0512. The average Bonchev–Trinajstić information content (AvgIpc) is 3.06. The van der Waals surface area contributed by atoms with E-state index in [1.807, 2.05) is 29.5 Å². The van der Waals surface area contributed by atoms with Crippen LogP contribution in [-0.2, 0) is 4.74 Å². The third-order valence-electron chi connectivity index (χ3n) is 2.32. The molecule has 134 valence electrons. The molecule has 0 unspecified atom stereocenters. The number of carboxylic acids is 1. The molecule has 2 aromatic rings. The summed E-state index contributed by atoms with van der Waals surface area (Å²) in [5, 5.41) is 15.4. The van der Waals surface area contributed by atoms with Crippen LogP contribution in [0.5, 0.6) is 0 Å². The van der Waals surface area contributed by atoms with E-state index in [4.69, 9.17) is 14.9 Å². The number of carboxylic acid groups (broad SMARTS) is 1. The first-order valence-corrected chi connectivity index (χ1v) is 8.71. The van der Waals surface area contributed by atoms with Crippen molar-refractivity contribution >= 4 is 57.1 Å². The van der Waals surface area contributed by atoms with Gasteiger partial charge in [0.05, 0.1) is 6.61 Å². The highest BCUT2D eigenvalue weighted by molar-refractivity contribution is 14.1. The molecule has 0 aliphatic carbocycles. The normalized spacial score (nSPS) is 9.29. The molecule has 11 heteroatoms. The molecule has 0 atom stereocenters. The Kier molecular flexibility index (Phi) is 10.8. The van der Waals surface area contributed by atoms with Gasteiger partial charge >= 0.3 is 11.9 Å². The molecule has 0 bridgehead atoms. The Morgan fingerprint density at radius 2 is 1.46 bits per heavy atom. The Bertz CT molecular complexity index is 645. The molecule has 2 aromatic heterocycles. The number of aryl methyl sites for hydroxylation is 2. The van der Waals surface area contributed by atoms with Gasteiger partial charge in [-0.25, -0.2) is 19.6 Å². The summed E-state index contributed by atoms with van der Waals surface area (Å²) in [6, 6.07) is 0. The van der Waals surface area contributed by atoms with Gasteiger partial charge in [0.15, 0.2) is 0 Å². The van der Waals surface area contributed by atoms with E-state index < -0.39 is 11.9 Å². The lowest BCUT2D eigenvalue weighted by atomic mass is 10.6. The zero-order valence-electron chi connectivity index (χ0n) is 13.5. The van der Waals surface area contributed by atoms with E-state index in [9.17, 15) is 9.59 Å². The number of aliphatic hydroxyl groups is 1. The summed E-state index contributed by atoms with van der Waals surface area (Å²) >= 11 is 4.03. The second-order valence-corrected chi connectivity index (χ2v) is 6.07. The van der Waals surface area contributed by atoms with Crippen molar-refractivity contribution in [2.24, 2.45) is 0 Å². The molecular formula is C13H18I2N4O5. The number of H-pyrrole nitrogens is 2. The summed E-state index contributed by atoms with van der Waals surface area (Å²) in [7, 11) is 1.00. The van der Waals surface area contributed by atoms with Gasteiger partial charge in [0, 0.05) is 18.5 Å². The maximum atomic E-state index is 11.1. The van der Waals surface area contributed by atoms with E-state index in [1.165, 1.54) is 0 Å². The lowest BCUT2D eigenvalue weighted by Crippen LogP contribution is -2.06. The van der Waals surface area contributed by atoms with Gasteiger partial charge in [-0.2, -0.15) is 0 Å². The second kappa shape index (κ2) is 11.4. The SMILES string of the molecule is CCOC(=O)c1nc(I)c(C)[nH]1.CO.Cc1[nH]c(C(=O)O)nc1I. The van der Waals surface area contributed by atoms with Gasteiger partial charge in [0.1, 0.15) is 7.40 Å². The summed E-state index contributed by atoms with van der Waals surface area (Å²) in [6.07, 6.45) is 0. The molecule has 4 N–H and O–H groups in total. The van der Waals surface area contributed by atoms with Gasteiger partial charge < -0.3 is 24.9 Å². The average molecular weight is 564 g/mol. The minimum Gasteiger partial charge on any atom is -0.475 e. The van der Waals surface area contributed by atoms with Gasteiger partial charge in [-0.1, -0.05) is 0 Å². The van der Waals surface area contributed by atoms with E-state index >= 15 is 0 Å². The summed E-state index contributed by atoms with van der Waals surface area (Å²) < 4.78 is 6.27. The first-order chi connectivity index (χ1) is 11.3. The van der Waals surface area contributed by atoms with Gasteiger partial charge in [0.2, 0.25) is 11.6 Å². The number of ether oxygens (including phenoxy) is 1. The molecule has 2 heterocycles. The molecule has 0 spiro atoms. The van der Waals surface area contributed by atoms with Gasteiger partial charge in [-0.15, -0.1) is 0 Å². The smallest absolute Gasteiger partial charge is 0.374 e. The minimum atomic E-state index is -1.02. The number of esters is 1. The Hall–Kier alpha value is -1.22. The number of aliphatic hydroxyl groups excluding tert-OH is 1. The molecule has 9 nitrogen and oxygen atoms in total. The molecule has 2 rings (SSSR count). The molecule has 0 saturated heterocycles. The zero-order valence-corrected chi connectivity index (χ0v) is 17.8. The molecule has 0 aliphatic heterocycles. The summed E-state index contributed by atoms with van der Waals surface area (Å²) in [5.41, 5.74) is 1.68. The molecule has 0 amide bonds. The Balaban J connectivity index is 0.000000405. The van der Waals surface area contributed by atoms with Gasteiger partial charge in [-0.05, 0) is 66.0 Å². The van der Waals surface area contributed by atoms with Gasteiger partial charge in [0.25, 0.3) is 0 Å². The van der Waals surface area contributed by atoms with Crippen LogP contribution in [0, 0.1) is 21.2 Å². The van der Waals surface area contributed by atoms with Crippen LogP contribution in [0.15, 0.2) is 0 Å². The maximum absolute atomic E-state index is 11.1. The molecule has 0 aliphatic rings. The highest BCUT2D eigenvalue weighted by atomic mass is 127. The quantitative estimate of drug-likeness (QED) is 0.331. The Morgan fingerprint density at radius 1 is 1.04 bits per heavy atom. The van der Waals surface area contributed by atoms with Crippen molar-refractivity contribution in [1.29, 1.82) is 0 Å². The largest absolute Gasteiger partial charge is 0.475 e. The predicted molar refractivity (Wildman–Crippen MR) is 103 cm³/mol. The maximum Gasteiger partial charge on any atom is 0.374 e. The second-order valence-electron chi connectivity index (χ2n) is 4.03. The lowest BCUT2D eigenvalue weighted by Gasteiger charge is -1.95. The number of rotatable bonds is 3. The predicted octanol–water partition coefficient (Wildman–Crippen LogP) is 2.13. The number of nitrogens with one attached hydrogen (secondary N) is 2. The number of nitrogens with zero attached hydrogens (tertiary/aromatic N) is 2. The summed E-state index contributed by atoms with van der Waals surface area (Å²) in [5.74, 6) is -1.14. The number of imidazole rings is 2. The molecule has 0 aromatic carbocycles. The van der Waals surface area contributed by atoms with Crippen LogP contribution >= 0.6 is 45.2 Å². The molecule has 0 radical (unpaired) electrons. The zero-order chi connectivity index (χ0) is 18.9. The van der Waals surface area contributed by atoms with Crippen molar-refractivity contribution in [3.05, 3.63) is 30.4 Å². The van der Waals surface area contributed by atoms with Crippen molar-refractivity contribution in [3.63, 3.8) is 0 Å². The highest BCUT2D eigenvalue weighted by Gasteiger charge is 2.12. The Labute approximate surface area is 165 Å². The molecule has 0 fully saturated rings. The van der Waals surface area contributed by atoms with E-state index in [-0.39, 0.29) is 11.6 Å². The summed E-state index contributed by atoms with van der Waals surface area (Å²) in [4.78, 5) is 34.5. The molecular weight excluding hydrogens is 546 g/mol. The van der Waals surface area contributed by atoms with E-state index in [2.05, 4.69) is 42.5 Å². The van der Waals surface area contributed by atoms with Crippen LogP contribution < -0.4 is 0 Å². The molecule has 24 heavy (non-hydrogen) atoms. The number of hydrogen-bond donors (Lipinski definition) is 4. The third kappa shape index (κ3) is 7.12. The van der Waals surface area contributed by atoms with Crippen molar-refractivity contribution < 1.29 is 24.5 Å². The van der Waals surface area contributed by atoms with E-state index in [0.717, 1.165) is 22.2 Å². The first kappa shape index (κ1) is 22.8. The van der Waals surface area contributed by atoms with Crippen LogP contribution in [-0.4, -0.2) is 55.8 Å². The minimum absolute atomic E-state index is 0.00176. The topological polar surface area (TPSA) is 141 Å². The van der Waals surface area contributed by atoms with E-state index in [0.29, 0.717) is 10.3 Å². The van der Waals surface area contributed by atoms with Crippen molar-refractivity contribution in [2.75, 3.05) is 13.7 Å².